The van der Waals surface area contributed by atoms with Crippen LogP contribution in [0.1, 0.15) is 28.0 Å². The third-order valence-corrected chi connectivity index (χ3v) is 5.52. The highest BCUT2D eigenvalue weighted by Gasteiger charge is 2.42. The van der Waals surface area contributed by atoms with Gasteiger partial charge < -0.3 is 14.8 Å². The van der Waals surface area contributed by atoms with Crippen LogP contribution in [0, 0.1) is 0 Å². The Hall–Kier alpha value is -4.08. The molecule has 0 unspecified atom stereocenters. The lowest BCUT2D eigenvalue weighted by molar-refractivity contribution is -0.274. The van der Waals surface area contributed by atoms with Crippen molar-refractivity contribution in [2.75, 3.05) is 6.61 Å². The number of amides is 1. The van der Waals surface area contributed by atoms with Gasteiger partial charge >= 0.3 is 6.36 Å². The molecule has 1 amide bonds. The molecule has 1 aliphatic rings. The average molecular weight is 454 g/mol. The van der Waals surface area contributed by atoms with Crippen LogP contribution in [0.5, 0.6) is 11.5 Å². The number of nitrogens with one attached hydrogen (secondary N) is 2. The van der Waals surface area contributed by atoms with Gasteiger partial charge in [0.1, 0.15) is 22.7 Å². The van der Waals surface area contributed by atoms with E-state index >= 15 is 0 Å². The largest absolute Gasteiger partial charge is 0.573 e. The number of hydrogen-bond donors (Lipinski definition) is 2. The monoisotopic (exact) mass is 454 g/mol. The van der Waals surface area contributed by atoms with E-state index in [1.54, 1.807) is 42.7 Å². The summed E-state index contributed by atoms with van der Waals surface area (Å²) in [7, 11) is 0. The van der Waals surface area contributed by atoms with E-state index in [-0.39, 0.29) is 18.3 Å². The molecule has 4 aromatic rings. The van der Waals surface area contributed by atoms with Crippen molar-refractivity contribution < 1.29 is 27.4 Å². The van der Waals surface area contributed by atoms with Gasteiger partial charge in [0.05, 0.1) is 18.3 Å². The Balaban J connectivity index is 1.56. The fourth-order valence-electron chi connectivity index (χ4n) is 4.02. The highest BCUT2D eigenvalue weighted by Crippen LogP contribution is 2.41. The molecule has 2 N–H and O–H groups in total. The molecule has 2 aromatic carbocycles. The number of halogens is 3. The second-order valence-electron chi connectivity index (χ2n) is 7.55. The molecular formula is C23H17F3N4O3. The van der Waals surface area contributed by atoms with Crippen molar-refractivity contribution in [3.63, 3.8) is 0 Å². The van der Waals surface area contributed by atoms with E-state index in [1.807, 2.05) is 0 Å². The molecule has 2 aromatic heterocycles. The second kappa shape index (κ2) is 7.80. The zero-order chi connectivity index (χ0) is 23.1. The van der Waals surface area contributed by atoms with Crippen LogP contribution < -0.4 is 14.8 Å². The SMILES string of the molecule is O=C(N[C@]1(c2ccc(OC(F)(F)F)cc2)CCOc2cccnc21)c1ccc2cn[nH]c2c1. The number of aromatic amines is 1. The van der Waals surface area contributed by atoms with E-state index in [0.717, 1.165) is 5.39 Å². The number of nitrogens with zero attached hydrogens (tertiary/aromatic N) is 2. The van der Waals surface area contributed by atoms with Gasteiger partial charge in [-0.1, -0.05) is 18.2 Å². The molecule has 0 spiro atoms. The number of fused-ring (bicyclic) bond motifs is 2. The highest BCUT2D eigenvalue weighted by atomic mass is 19.4. The zero-order valence-corrected chi connectivity index (χ0v) is 17.0. The number of aromatic nitrogens is 3. The summed E-state index contributed by atoms with van der Waals surface area (Å²) in [6.07, 6.45) is -1.24. The number of alkyl halides is 3. The molecule has 1 atom stereocenters. The normalized spacial score (nSPS) is 17.8. The summed E-state index contributed by atoms with van der Waals surface area (Å²) in [6, 6.07) is 14.0. The first kappa shape index (κ1) is 20.8. The molecule has 0 fully saturated rings. The third kappa shape index (κ3) is 3.95. The smallest absolute Gasteiger partial charge is 0.491 e. The van der Waals surface area contributed by atoms with Crippen molar-refractivity contribution in [3.8, 4) is 11.5 Å². The Kier molecular flexibility index (Phi) is 4.92. The molecule has 0 radical (unpaired) electrons. The molecule has 0 saturated heterocycles. The zero-order valence-electron chi connectivity index (χ0n) is 17.0. The van der Waals surface area contributed by atoms with E-state index in [9.17, 15) is 18.0 Å². The molecule has 168 valence electrons. The standard InChI is InChI=1S/C23H17F3N4O3/c24-23(25,26)33-17-7-5-16(6-8-17)22(9-11-32-19-2-1-10-27-20(19)22)29-21(31)14-3-4-15-13-28-30-18(15)12-14/h1-8,10,12-13H,9,11H2,(H,28,30)(H,29,31)/t22-/m0/s1. The van der Waals surface area contributed by atoms with Crippen LogP contribution in [-0.2, 0) is 5.54 Å². The van der Waals surface area contributed by atoms with Gasteiger partial charge in [0.2, 0.25) is 0 Å². The number of hydrogen-bond acceptors (Lipinski definition) is 5. The summed E-state index contributed by atoms with van der Waals surface area (Å²) in [5.41, 5.74) is 1.00. The fraction of sp³-hybridized carbons (Fsp3) is 0.174. The number of carbonyl (C=O) groups excluding carboxylic acids is 1. The molecule has 10 heteroatoms. The summed E-state index contributed by atoms with van der Waals surface area (Å²) < 4.78 is 47.5. The van der Waals surface area contributed by atoms with Gasteiger partial charge in [-0.05, 0) is 42.0 Å². The molecule has 7 nitrogen and oxygen atoms in total. The Morgan fingerprint density at radius 1 is 1.15 bits per heavy atom. The lowest BCUT2D eigenvalue weighted by Crippen LogP contribution is -2.50. The van der Waals surface area contributed by atoms with E-state index in [2.05, 4.69) is 25.2 Å². The van der Waals surface area contributed by atoms with Crippen molar-refractivity contribution in [1.82, 2.24) is 20.5 Å². The maximum absolute atomic E-state index is 13.3. The van der Waals surface area contributed by atoms with Gasteiger partial charge in [-0.15, -0.1) is 13.2 Å². The summed E-state index contributed by atoms with van der Waals surface area (Å²) in [6.45, 7) is 0.277. The minimum atomic E-state index is -4.80. The Morgan fingerprint density at radius 2 is 1.97 bits per heavy atom. The summed E-state index contributed by atoms with van der Waals surface area (Å²) in [5.74, 6) is -0.241. The number of rotatable bonds is 4. The maximum Gasteiger partial charge on any atom is 0.573 e. The van der Waals surface area contributed by atoms with Crippen molar-refractivity contribution in [3.05, 3.63) is 83.8 Å². The fourth-order valence-corrected chi connectivity index (χ4v) is 4.02. The molecule has 0 aliphatic carbocycles. The van der Waals surface area contributed by atoms with E-state index < -0.39 is 11.9 Å². The van der Waals surface area contributed by atoms with Gasteiger partial charge in [-0.25, -0.2) is 0 Å². The summed E-state index contributed by atoms with van der Waals surface area (Å²) in [4.78, 5) is 17.8. The van der Waals surface area contributed by atoms with Crippen molar-refractivity contribution in [2.45, 2.75) is 18.3 Å². The maximum atomic E-state index is 13.3. The third-order valence-electron chi connectivity index (χ3n) is 5.52. The lowest BCUT2D eigenvalue weighted by Gasteiger charge is -2.39. The number of pyridine rings is 1. The van der Waals surface area contributed by atoms with Crippen LogP contribution in [0.15, 0.2) is 67.0 Å². The van der Waals surface area contributed by atoms with Crippen LogP contribution >= 0.6 is 0 Å². The predicted molar refractivity (Wildman–Crippen MR) is 112 cm³/mol. The van der Waals surface area contributed by atoms with E-state index in [1.165, 1.54) is 24.3 Å². The molecular weight excluding hydrogens is 437 g/mol. The quantitative estimate of drug-likeness (QED) is 0.480. The van der Waals surface area contributed by atoms with Crippen molar-refractivity contribution >= 4 is 16.8 Å². The van der Waals surface area contributed by atoms with Crippen LogP contribution in [0.2, 0.25) is 0 Å². The van der Waals surface area contributed by atoms with Crippen LogP contribution in [0.25, 0.3) is 10.9 Å². The Morgan fingerprint density at radius 3 is 2.76 bits per heavy atom. The van der Waals surface area contributed by atoms with Crippen molar-refractivity contribution in [2.24, 2.45) is 0 Å². The minimum Gasteiger partial charge on any atom is -0.491 e. The first-order chi connectivity index (χ1) is 15.8. The Labute approximate surface area is 185 Å². The van der Waals surface area contributed by atoms with E-state index in [0.29, 0.717) is 34.5 Å². The minimum absolute atomic E-state index is 0.277. The number of benzene rings is 2. The van der Waals surface area contributed by atoms with Gasteiger partial charge in [-0.2, -0.15) is 5.10 Å². The number of H-pyrrole nitrogens is 1. The van der Waals surface area contributed by atoms with Crippen molar-refractivity contribution in [1.29, 1.82) is 0 Å². The number of ether oxygens (including phenoxy) is 2. The van der Waals surface area contributed by atoms with Gasteiger partial charge in [-0.3, -0.25) is 14.9 Å². The second-order valence-corrected chi connectivity index (χ2v) is 7.55. The summed E-state index contributed by atoms with van der Waals surface area (Å²) >= 11 is 0. The first-order valence-corrected chi connectivity index (χ1v) is 10.0. The molecule has 3 heterocycles. The van der Waals surface area contributed by atoms with Crippen LogP contribution in [-0.4, -0.2) is 34.1 Å². The van der Waals surface area contributed by atoms with Crippen LogP contribution in [0.3, 0.4) is 0 Å². The average Bonchev–Trinajstić information content (AvgIpc) is 3.27. The highest BCUT2D eigenvalue weighted by molar-refractivity contribution is 5.98. The Bertz CT molecular complexity index is 1320. The number of carbonyl (C=O) groups is 1. The summed E-state index contributed by atoms with van der Waals surface area (Å²) in [5, 5.41) is 10.7. The predicted octanol–water partition coefficient (Wildman–Crippen LogP) is 4.31. The topological polar surface area (TPSA) is 89.1 Å². The van der Waals surface area contributed by atoms with E-state index in [4.69, 9.17) is 4.74 Å². The molecule has 33 heavy (non-hydrogen) atoms. The van der Waals surface area contributed by atoms with Gasteiger partial charge in [0, 0.05) is 23.6 Å². The van der Waals surface area contributed by atoms with Gasteiger partial charge in [0.25, 0.3) is 5.91 Å². The molecule has 5 rings (SSSR count). The molecule has 0 bridgehead atoms. The van der Waals surface area contributed by atoms with Crippen LogP contribution in [0.4, 0.5) is 13.2 Å². The molecule has 1 aliphatic heterocycles. The first-order valence-electron chi connectivity index (χ1n) is 10.0. The molecule has 0 saturated carbocycles. The van der Waals surface area contributed by atoms with Gasteiger partial charge in [0.15, 0.2) is 0 Å². The lowest BCUT2D eigenvalue weighted by atomic mass is 9.81.